The molecule has 0 saturated carbocycles. The molecule has 1 aromatic carbocycles. The third kappa shape index (κ3) is 4.03. The van der Waals surface area contributed by atoms with E-state index in [1.54, 1.807) is 0 Å². The predicted octanol–water partition coefficient (Wildman–Crippen LogP) is 3.61. The van der Waals surface area contributed by atoms with Crippen LogP contribution in [-0.4, -0.2) is 18.3 Å². The Balaban J connectivity index is 2.73. The monoisotopic (exact) mass is 242 g/mol. The number of hydrogen-bond acceptors (Lipinski definition) is 2. The van der Waals surface area contributed by atoms with Crippen LogP contribution in [0.4, 0.5) is 0 Å². The van der Waals surface area contributed by atoms with Gasteiger partial charge in [0.2, 0.25) is 0 Å². The Kier molecular flexibility index (Phi) is 5.64. The highest BCUT2D eigenvalue weighted by Crippen LogP contribution is 2.26. The molecule has 0 aliphatic rings. The van der Waals surface area contributed by atoms with Gasteiger partial charge < -0.3 is 9.84 Å². The van der Waals surface area contributed by atoms with Crippen LogP contribution in [0.15, 0.2) is 18.2 Å². The molecular weight excluding hydrogens is 224 g/mol. The fourth-order valence-electron chi connectivity index (χ4n) is 1.39. The molecule has 1 N–H and O–H groups in total. The standard InChI is InChI=1S/C13H19ClO2/c1-3-4-5-16-13-7-11(10(2)9-15)6-12(14)8-13/h6-8,10,15H,3-5,9H2,1-2H3. The molecule has 3 heteroatoms. The molecule has 16 heavy (non-hydrogen) atoms. The zero-order valence-electron chi connectivity index (χ0n) is 9.87. The van der Waals surface area contributed by atoms with Crippen LogP contribution in [-0.2, 0) is 0 Å². The van der Waals surface area contributed by atoms with Crippen molar-refractivity contribution < 1.29 is 9.84 Å². The van der Waals surface area contributed by atoms with Crippen molar-refractivity contribution in [3.8, 4) is 5.75 Å². The minimum Gasteiger partial charge on any atom is -0.494 e. The molecule has 0 bridgehead atoms. The maximum absolute atomic E-state index is 9.10. The summed E-state index contributed by atoms with van der Waals surface area (Å²) < 4.78 is 5.60. The average Bonchev–Trinajstić information content (AvgIpc) is 2.27. The van der Waals surface area contributed by atoms with E-state index < -0.39 is 0 Å². The number of unbranched alkanes of at least 4 members (excludes halogenated alkanes) is 1. The van der Waals surface area contributed by atoms with Gasteiger partial charge in [-0.1, -0.05) is 31.9 Å². The minimum atomic E-state index is 0.0900. The highest BCUT2D eigenvalue weighted by molar-refractivity contribution is 6.30. The molecule has 1 atom stereocenters. The smallest absolute Gasteiger partial charge is 0.121 e. The topological polar surface area (TPSA) is 29.5 Å². The van der Waals surface area contributed by atoms with Crippen LogP contribution in [0.2, 0.25) is 5.02 Å². The van der Waals surface area contributed by atoms with Crippen molar-refractivity contribution >= 4 is 11.6 Å². The number of aliphatic hydroxyl groups excluding tert-OH is 1. The van der Waals surface area contributed by atoms with Crippen molar-refractivity contribution in [1.82, 2.24) is 0 Å². The van der Waals surface area contributed by atoms with Crippen LogP contribution < -0.4 is 4.74 Å². The normalized spacial score (nSPS) is 12.5. The third-order valence-electron chi connectivity index (χ3n) is 2.50. The van der Waals surface area contributed by atoms with Crippen molar-refractivity contribution in [2.24, 2.45) is 0 Å². The first kappa shape index (κ1) is 13.3. The van der Waals surface area contributed by atoms with E-state index in [1.165, 1.54) is 0 Å². The summed E-state index contributed by atoms with van der Waals surface area (Å²) in [7, 11) is 0. The Morgan fingerprint density at radius 3 is 2.75 bits per heavy atom. The van der Waals surface area contributed by atoms with E-state index >= 15 is 0 Å². The maximum atomic E-state index is 9.10. The lowest BCUT2D eigenvalue weighted by molar-refractivity contribution is 0.272. The van der Waals surface area contributed by atoms with E-state index in [0.717, 1.165) is 24.2 Å². The van der Waals surface area contributed by atoms with Crippen LogP contribution in [0.25, 0.3) is 0 Å². The van der Waals surface area contributed by atoms with E-state index in [1.807, 2.05) is 25.1 Å². The van der Waals surface area contributed by atoms with Gasteiger partial charge in [-0.05, 0) is 30.2 Å². The van der Waals surface area contributed by atoms with Crippen LogP contribution >= 0.6 is 11.6 Å². The second kappa shape index (κ2) is 6.77. The molecule has 0 spiro atoms. The zero-order chi connectivity index (χ0) is 12.0. The van der Waals surface area contributed by atoms with E-state index in [-0.39, 0.29) is 12.5 Å². The number of halogens is 1. The van der Waals surface area contributed by atoms with Gasteiger partial charge >= 0.3 is 0 Å². The summed E-state index contributed by atoms with van der Waals surface area (Å²) >= 11 is 6.00. The third-order valence-corrected chi connectivity index (χ3v) is 2.72. The molecule has 0 radical (unpaired) electrons. The molecule has 0 amide bonds. The molecule has 90 valence electrons. The van der Waals surface area contributed by atoms with E-state index in [0.29, 0.717) is 11.6 Å². The van der Waals surface area contributed by atoms with Crippen molar-refractivity contribution in [3.05, 3.63) is 28.8 Å². The molecule has 0 heterocycles. The largest absolute Gasteiger partial charge is 0.494 e. The maximum Gasteiger partial charge on any atom is 0.121 e. The van der Waals surface area contributed by atoms with Gasteiger partial charge in [-0.3, -0.25) is 0 Å². The second-order valence-corrected chi connectivity index (χ2v) is 4.44. The molecule has 0 aliphatic carbocycles. The molecule has 1 unspecified atom stereocenters. The number of aliphatic hydroxyl groups is 1. The molecule has 0 fully saturated rings. The summed E-state index contributed by atoms with van der Waals surface area (Å²) in [4.78, 5) is 0. The molecule has 0 aromatic heterocycles. The predicted molar refractivity (Wildman–Crippen MR) is 67.4 cm³/mol. The van der Waals surface area contributed by atoms with Gasteiger partial charge in [-0.15, -0.1) is 0 Å². The van der Waals surface area contributed by atoms with E-state index in [2.05, 4.69) is 6.92 Å². The summed E-state index contributed by atoms with van der Waals surface area (Å²) in [5.74, 6) is 0.878. The number of rotatable bonds is 6. The lowest BCUT2D eigenvalue weighted by Crippen LogP contribution is -2.01. The Hall–Kier alpha value is -0.730. The fourth-order valence-corrected chi connectivity index (χ4v) is 1.63. The zero-order valence-corrected chi connectivity index (χ0v) is 10.6. The Bertz CT molecular complexity index is 326. The first-order valence-electron chi connectivity index (χ1n) is 5.71. The van der Waals surface area contributed by atoms with Crippen LogP contribution in [0.5, 0.6) is 5.75 Å². The second-order valence-electron chi connectivity index (χ2n) is 4.01. The number of ether oxygens (including phenoxy) is 1. The minimum absolute atomic E-state index is 0.0900. The lowest BCUT2D eigenvalue weighted by Gasteiger charge is -2.12. The van der Waals surface area contributed by atoms with Gasteiger partial charge in [-0.2, -0.15) is 0 Å². The Morgan fingerprint density at radius 1 is 1.38 bits per heavy atom. The first-order valence-corrected chi connectivity index (χ1v) is 6.09. The van der Waals surface area contributed by atoms with Crippen molar-refractivity contribution in [2.75, 3.05) is 13.2 Å². The highest BCUT2D eigenvalue weighted by Gasteiger charge is 2.07. The van der Waals surface area contributed by atoms with Gasteiger partial charge in [0, 0.05) is 17.5 Å². The van der Waals surface area contributed by atoms with Gasteiger partial charge in [0.25, 0.3) is 0 Å². The number of benzene rings is 1. The molecule has 1 rings (SSSR count). The quantitative estimate of drug-likeness (QED) is 0.773. The van der Waals surface area contributed by atoms with Gasteiger partial charge in [0.15, 0.2) is 0 Å². The Labute approximate surface area is 102 Å². The summed E-state index contributed by atoms with van der Waals surface area (Å²) in [6, 6.07) is 5.63. The molecule has 0 aliphatic heterocycles. The highest BCUT2D eigenvalue weighted by atomic mass is 35.5. The summed E-state index contributed by atoms with van der Waals surface area (Å²) in [5.41, 5.74) is 1.02. The average molecular weight is 243 g/mol. The Morgan fingerprint density at radius 2 is 2.12 bits per heavy atom. The van der Waals surface area contributed by atoms with Crippen LogP contribution in [0, 0.1) is 0 Å². The fraction of sp³-hybridized carbons (Fsp3) is 0.538. The van der Waals surface area contributed by atoms with E-state index in [9.17, 15) is 0 Å². The number of hydrogen-bond donors (Lipinski definition) is 1. The molecule has 1 aromatic rings. The SMILES string of the molecule is CCCCOc1cc(Cl)cc(C(C)CO)c1. The van der Waals surface area contributed by atoms with Crippen molar-refractivity contribution in [1.29, 1.82) is 0 Å². The first-order chi connectivity index (χ1) is 7.67. The van der Waals surface area contributed by atoms with Gasteiger partial charge in [0.1, 0.15) is 5.75 Å². The summed E-state index contributed by atoms with van der Waals surface area (Å²) in [5, 5.41) is 9.76. The lowest BCUT2D eigenvalue weighted by atomic mass is 10.0. The van der Waals surface area contributed by atoms with Gasteiger partial charge in [-0.25, -0.2) is 0 Å². The van der Waals surface area contributed by atoms with E-state index in [4.69, 9.17) is 21.4 Å². The van der Waals surface area contributed by atoms with Crippen molar-refractivity contribution in [3.63, 3.8) is 0 Å². The molecular formula is C13H19ClO2. The molecule has 0 saturated heterocycles. The summed E-state index contributed by atoms with van der Waals surface area (Å²) in [6.07, 6.45) is 2.15. The van der Waals surface area contributed by atoms with Crippen LogP contribution in [0.3, 0.4) is 0 Å². The van der Waals surface area contributed by atoms with Crippen LogP contribution in [0.1, 0.15) is 38.2 Å². The van der Waals surface area contributed by atoms with Gasteiger partial charge in [0.05, 0.1) is 6.61 Å². The molecule has 2 nitrogen and oxygen atoms in total. The van der Waals surface area contributed by atoms with Crippen molar-refractivity contribution in [2.45, 2.75) is 32.6 Å². The summed E-state index contributed by atoms with van der Waals surface area (Å²) in [6.45, 7) is 4.92.